The van der Waals surface area contributed by atoms with Crippen molar-refractivity contribution < 1.29 is 27.9 Å². The molecule has 1 saturated heterocycles. The van der Waals surface area contributed by atoms with E-state index in [0.717, 1.165) is 17.7 Å². The molecule has 2 aliphatic rings. The Bertz CT molecular complexity index is 748. The van der Waals surface area contributed by atoms with Crippen molar-refractivity contribution in [2.75, 3.05) is 11.9 Å². The zero-order chi connectivity index (χ0) is 19.6. The molecule has 146 valence electrons. The number of imide groups is 1. The molecule has 0 unspecified atom stereocenters. The second-order valence-electron chi connectivity index (χ2n) is 7.01. The number of nitrogens with one attached hydrogen (secondary N) is 2. The third-order valence-corrected chi connectivity index (χ3v) is 5.05. The van der Waals surface area contributed by atoms with Crippen molar-refractivity contribution in [3.63, 3.8) is 0 Å². The Morgan fingerprint density at radius 2 is 2.00 bits per heavy atom. The lowest BCUT2D eigenvalue weighted by atomic mass is 9.77. The summed E-state index contributed by atoms with van der Waals surface area (Å²) in [6.45, 7) is -1.44. The van der Waals surface area contributed by atoms with E-state index in [1.807, 2.05) is 0 Å². The second-order valence-corrected chi connectivity index (χ2v) is 7.01. The first kappa shape index (κ1) is 19.1. The van der Waals surface area contributed by atoms with Crippen molar-refractivity contribution >= 4 is 23.5 Å². The van der Waals surface area contributed by atoms with E-state index >= 15 is 0 Å². The van der Waals surface area contributed by atoms with Crippen LogP contribution in [0, 0.1) is 5.92 Å². The van der Waals surface area contributed by atoms with E-state index in [1.165, 1.54) is 18.2 Å². The molecule has 2 N–H and O–H groups in total. The lowest BCUT2D eigenvalue weighted by Crippen LogP contribution is -2.49. The monoisotopic (exact) mass is 381 g/mol. The number of ether oxygens (including phenoxy) is 1. The summed E-state index contributed by atoms with van der Waals surface area (Å²) in [5.41, 5.74) is -0.892. The van der Waals surface area contributed by atoms with Crippen molar-refractivity contribution in [3.8, 4) is 5.75 Å². The summed E-state index contributed by atoms with van der Waals surface area (Å²) < 4.78 is 29.3. The van der Waals surface area contributed by atoms with Crippen LogP contribution in [0.5, 0.6) is 5.75 Å². The van der Waals surface area contributed by atoms with Crippen molar-refractivity contribution in [1.29, 1.82) is 0 Å². The van der Waals surface area contributed by atoms with Crippen LogP contribution in [0.3, 0.4) is 0 Å². The van der Waals surface area contributed by atoms with Crippen LogP contribution in [0.25, 0.3) is 0 Å². The fraction of sp³-hybridized carbons (Fsp3) is 0.500. The van der Waals surface area contributed by atoms with E-state index in [0.29, 0.717) is 18.8 Å². The molecule has 9 heteroatoms. The molecule has 1 heterocycles. The molecule has 1 aliphatic heterocycles. The first-order chi connectivity index (χ1) is 12.8. The van der Waals surface area contributed by atoms with E-state index in [1.54, 1.807) is 6.07 Å². The average Bonchev–Trinajstić information content (AvgIpc) is 2.83. The molecule has 0 aromatic heterocycles. The Morgan fingerprint density at radius 1 is 1.33 bits per heavy atom. The zero-order valence-electron chi connectivity index (χ0n) is 14.8. The molecule has 4 amide bonds. The summed E-state index contributed by atoms with van der Waals surface area (Å²) in [6.07, 6.45) is 2.73. The highest BCUT2D eigenvalue weighted by Gasteiger charge is 2.52. The SMILES string of the molecule is CC1CCC2(CC1)NC(=O)N(CC(=O)Nc1ccccc1OC(F)F)C2=O. The molecule has 0 bridgehead atoms. The lowest BCUT2D eigenvalue weighted by Gasteiger charge is -2.33. The predicted molar refractivity (Wildman–Crippen MR) is 92.3 cm³/mol. The van der Waals surface area contributed by atoms with Crippen LogP contribution in [-0.2, 0) is 9.59 Å². The predicted octanol–water partition coefficient (Wildman–Crippen LogP) is 2.73. The van der Waals surface area contributed by atoms with Gasteiger partial charge in [0, 0.05) is 0 Å². The molecule has 1 spiro atoms. The fourth-order valence-corrected chi connectivity index (χ4v) is 3.52. The van der Waals surface area contributed by atoms with Crippen LogP contribution >= 0.6 is 0 Å². The third-order valence-electron chi connectivity index (χ3n) is 5.05. The van der Waals surface area contributed by atoms with Crippen molar-refractivity contribution in [2.24, 2.45) is 5.92 Å². The highest BCUT2D eigenvalue weighted by atomic mass is 19.3. The van der Waals surface area contributed by atoms with Gasteiger partial charge in [-0.2, -0.15) is 8.78 Å². The number of alkyl halides is 2. The van der Waals surface area contributed by atoms with Gasteiger partial charge in [-0.15, -0.1) is 0 Å². The number of amides is 4. The first-order valence-electron chi connectivity index (χ1n) is 8.78. The normalized spacial score (nSPS) is 25.0. The van der Waals surface area contributed by atoms with Gasteiger partial charge < -0.3 is 15.4 Å². The Morgan fingerprint density at radius 3 is 2.67 bits per heavy atom. The van der Waals surface area contributed by atoms with Crippen LogP contribution < -0.4 is 15.4 Å². The standard InChI is InChI=1S/C18H21F2N3O4/c1-11-6-8-18(9-7-11)15(25)23(17(26)22-18)10-14(24)21-12-4-2-3-5-13(12)27-16(19)20/h2-5,11,16H,6-10H2,1H3,(H,21,24)(H,22,26). The molecule has 1 aromatic rings. The second kappa shape index (κ2) is 7.50. The van der Waals surface area contributed by atoms with Gasteiger partial charge in [-0.1, -0.05) is 19.1 Å². The van der Waals surface area contributed by atoms with Gasteiger partial charge in [-0.3, -0.25) is 14.5 Å². The van der Waals surface area contributed by atoms with Gasteiger partial charge in [0.1, 0.15) is 17.8 Å². The van der Waals surface area contributed by atoms with Gasteiger partial charge in [0.25, 0.3) is 5.91 Å². The Kier molecular flexibility index (Phi) is 5.29. The molecule has 1 aromatic carbocycles. The maximum atomic E-state index is 12.7. The molecule has 0 atom stereocenters. The van der Waals surface area contributed by atoms with Crippen LogP contribution in [0.1, 0.15) is 32.6 Å². The summed E-state index contributed by atoms with van der Waals surface area (Å²) in [5, 5.41) is 5.14. The highest BCUT2D eigenvalue weighted by Crippen LogP contribution is 2.36. The number of hydrogen-bond acceptors (Lipinski definition) is 4. The molecule has 1 saturated carbocycles. The number of anilines is 1. The number of rotatable bonds is 5. The van der Waals surface area contributed by atoms with Crippen molar-refractivity contribution in [3.05, 3.63) is 24.3 Å². The molecule has 27 heavy (non-hydrogen) atoms. The third kappa shape index (κ3) is 4.01. The number of carbonyl (C=O) groups excluding carboxylic acids is 3. The molecule has 1 aliphatic carbocycles. The lowest BCUT2D eigenvalue weighted by molar-refractivity contribution is -0.135. The summed E-state index contributed by atoms with van der Waals surface area (Å²) in [6, 6.07) is 5.10. The minimum Gasteiger partial charge on any atom is -0.433 e. The molecular formula is C18H21F2N3O4. The van der Waals surface area contributed by atoms with Gasteiger partial charge in [0.15, 0.2) is 0 Å². The molecule has 7 nitrogen and oxygen atoms in total. The van der Waals surface area contributed by atoms with E-state index in [-0.39, 0.29) is 11.4 Å². The molecular weight excluding hydrogens is 360 g/mol. The van der Waals surface area contributed by atoms with Crippen molar-refractivity contribution in [2.45, 2.75) is 44.8 Å². The number of nitrogens with zero attached hydrogens (tertiary/aromatic N) is 1. The summed E-state index contributed by atoms with van der Waals surface area (Å²) in [5.74, 6) is -0.795. The van der Waals surface area contributed by atoms with Crippen LogP contribution in [0.15, 0.2) is 24.3 Å². The van der Waals surface area contributed by atoms with Gasteiger partial charge in [-0.25, -0.2) is 4.79 Å². The van der Waals surface area contributed by atoms with Crippen molar-refractivity contribution in [1.82, 2.24) is 10.2 Å². The van der Waals surface area contributed by atoms with Crippen LogP contribution in [0.2, 0.25) is 0 Å². The average molecular weight is 381 g/mol. The molecule has 0 radical (unpaired) electrons. The van der Waals surface area contributed by atoms with E-state index in [4.69, 9.17) is 0 Å². The Balaban J connectivity index is 1.66. The maximum Gasteiger partial charge on any atom is 0.387 e. The largest absolute Gasteiger partial charge is 0.433 e. The first-order valence-corrected chi connectivity index (χ1v) is 8.78. The summed E-state index contributed by atoms with van der Waals surface area (Å²) >= 11 is 0. The number of carbonyl (C=O) groups is 3. The van der Waals surface area contributed by atoms with Gasteiger partial charge in [-0.05, 0) is 43.7 Å². The van der Waals surface area contributed by atoms with E-state index in [2.05, 4.69) is 22.3 Å². The molecule has 3 rings (SSSR count). The van der Waals surface area contributed by atoms with E-state index < -0.39 is 36.5 Å². The number of hydrogen-bond donors (Lipinski definition) is 2. The van der Waals surface area contributed by atoms with Gasteiger partial charge >= 0.3 is 12.6 Å². The van der Waals surface area contributed by atoms with Gasteiger partial charge in [0.2, 0.25) is 5.91 Å². The van der Waals surface area contributed by atoms with Gasteiger partial charge in [0.05, 0.1) is 5.69 Å². The number of para-hydroxylation sites is 2. The summed E-state index contributed by atoms with van der Waals surface area (Å²) in [4.78, 5) is 38.1. The summed E-state index contributed by atoms with van der Waals surface area (Å²) in [7, 11) is 0. The fourth-order valence-electron chi connectivity index (χ4n) is 3.52. The highest BCUT2D eigenvalue weighted by molar-refractivity contribution is 6.10. The minimum atomic E-state index is -3.04. The number of benzene rings is 1. The number of urea groups is 1. The smallest absolute Gasteiger partial charge is 0.387 e. The topological polar surface area (TPSA) is 87.7 Å². The Hall–Kier alpha value is -2.71. The van der Waals surface area contributed by atoms with Crippen LogP contribution in [0.4, 0.5) is 19.3 Å². The molecule has 2 fully saturated rings. The zero-order valence-corrected chi connectivity index (χ0v) is 14.8. The minimum absolute atomic E-state index is 0.0380. The van der Waals surface area contributed by atoms with Crippen LogP contribution in [-0.4, -0.2) is 41.4 Å². The van der Waals surface area contributed by atoms with E-state index in [9.17, 15) is 23.2 Å². The quantitative estimate of drug-likeness (QED) is 0.768. The maximum absolute atomic E-state index is 12.7. The number of halogens is 2. The Labute approximate surface area is 155 Å².